The second-order valence-electron chi connectivity index (χ2n) is 7.43. The average molecular weight is 464 g/mol. The van der Waals surface area contributed by atoms with Crippen LogP contribution in [0.2, 0.25) is 5.02 Å². The first-order chi connectivity index (χ1) is 14.9. The van der Waals surface area contributed by atoms with Crippen molar-refractivity contribution in [2.24, 2.45) is 0 Å². The zero-order valence-electron chi connectivity index (χ0n) is 17.1. The molecular weight excluding hydrogens is 438 g/mol. The Morgan fingerprint density at radius 3 is 2.35 bits per heavy atom. The van der Waals surface area contributed by atoms with Crippen LogP contribution < -0.4 is 10.6 Å². The standard InChI is InChI=1S/C22H26ClN3O4S/c23-18-9-11-20(12-10-18)31(29,30)26-15-5-4-8-19(26)13-14-24-21(27)22(28)25-16-17-6-2-1-3-7-17/h1-3,6-7,9-12,19H,4-5,8,13-16H2,(H,24,27)(H,25,28)/t19-/m0/s1. The van der Waals surface area contributed by atoms with Gasteiger partial charge in [-0.05, 0) is 49.1 Å². The number of carbonyl (C=O) groups excluding carboxylic acids is 2. The van der Waals surface area contributed by atoms with Crippen LogP contribution in [-0.4, -0.2) is 43.7 Å². The van der Waals surface area contributed by atoms with Gasteiger partial charge in [-0.3, -0.25) is 9.59 Å². The van der Waals surface area contributed by atoms with Gasteiger partial charge in [-0.2, -0.15) is 4.31 Å². The van der Waals surface area contributed by atoms with Crippen molar-refractivity contribution in [1.82, 2.24) is 14.9 Å². The van der Waals surface area contributed by atoms with Crippen LogP contribution in [0.3, 0.4) is 0 Å². The Morgan fingerprint density at radius 1 is 0.968 bits per heavy atom. The molecular formula is C22H26ClN3O4S. The molecule has 1 saturated heterocycles. The molecule has 9 heteroatoms. The van der Waals surface area contributed by atoms with Gasteiger partial charge in [0.25, 0.3) is 0 Å². The first kappa shape index (κ1) is 23.2. The number of hydrogen-bond acceptors (Lipinski definition) is 4. The lowest BCUT2D eigenvalue weighted by Gasteiger charge is -2.34. The van der Waals surface area contributed by atoms with E-state index in [0.29, 0.717) is 24.4 Å². The van der Waals surface area contributed by atoms with Gasteiger partial charge in [0, 0.05) is 30.7 Å². The maximum atomic E-state index is 13.1. The smallest absolute Gasteiger partial charge is 0.309 e. The van der Waals surface area contributed by atoms with Gasteiger partial charge in [0.1, 0.15) is 0 Å². The molecule has 2 amide bonds. The summed E-state index contributed by atoms with van der Waals surface area (Å²) in [5.74, 6) is -1.43. The minimum atomic E-state index is -3.65. The van der Waals surface area contributed by atoms with Crippen LogP contribution in [0.25, 0.3) is 0 Å². The van der Waals surface area contributed by atoms with Crippen molar-refractivity contribution in [3.63, 3.8) is 0 Å². The van der Waals surface area contributed by atoms with E-state index in [1.165, 1.54) is 16.4 Å². The lowest BCUT2D eigenvalue weighted by Crippen LogP contribution is -2.46. The van der Waals surface area contributed by atoms with Crippen LogP contribution in [0.15, 0.2) is 59.5 Å². The topological polar surface area (TPSA) is 95.6 Å². The van der Waals surface area contributed by atoms with Crippen LogP contribution in [0, 0.1) is 0 Å². The summed E-state index contributed by atoms with van der Waals surface area (Å²) in [5.41, 5.74) is 0.897. The van der Waals surface area contributed by atoms with Crippen LogP contribution in [0.5, 0.6) is 0 Å². The molecule has 1 heterocycles. The fourth-order valence-corrected chi connectivity index (χ4v) is 5.46. The normalized spacial score (nSPS) is 17.1. The van der Waals surface area contributed by atoms with E-state index in [4.69, 9.17) is 11.6 Å². The SMILES string of the molecule is O=C(NCC[C@@H]1CCCCN1S(=O)(=O)c1ccc(Cl)cc1)C(=O)NCc1ccccc1. The summed E-state index contributed by atoms with van der Waals surface area (Å²) in [4.78, 5) is 24.3. The number of carbonyl (C=O) groups is 2. The molecule has 0 radical (unpaired) electrons. The summed E-state index contributed by atoms with van der Waals surface area (Å²) in [7, 11) is -3.65. The van der Waals surface area contributed by atoms with Crippen LogP contribution >= 0.6 is 11.6 Å². The van der Waals surface area contributed by atoms with Gasteiger partial charge in [0.15, 0.2) is 0 Å². The molecule has 7 nitrogen and oxygen atoms in total. The molecule has 0 spiro atoms. The minimum absolute atomic E-state index is 0.202. The van der Waals surface area contributed by atoms with Gasteiger partial charge in [0.05, 0.1) is 4.90 Å². The lowest BCUT2D eigenvalue weighted by atomic mass is 10.0. The molecule has 2 aromatic carbocycles. The molecule has 1 fully saturated rings. The Kier molecular flexibility index (Phi) is 8.06. The summed E-state index contributed by atoms with van der Waals surface area (Å²) in [5, 5.41) is 5.65. The maximum Gasteiger partial charge on any atom is 0.309 e. The predicted molar refractivity (Wildman–Crippen MR) is 119 cm³/mol. The number of rotatable bonds is 7. The summed E-state index contributed by atoms with van der Waals surface area (Å²) >= 11 is 5.88. The van der Waals surface area contributed by atoms with Crippen molar-refractivity contribution in [2.75, 3.05) is 13.1 Å². The lowest BCUT2D eigenvalue weighted by molar-refractivity contribution is -0.139. The zero-order valence-corrected chi connectivity index (χ0v) is 18.7. The molecule has 0 bridgehead atoms. The molecule has 0 unspecified atom stereocenters. The second-order valence-corrected chi connectivity index (χ2v) is 9.76. The van der Waals surface area contributed by atoms with Crippen molar-refractivity contribution in [3.8, 4) is 0 Å². The summed E-state index contributed by atoms with van der Waals surface area (Å²) in [6, 6.07) is 15.2. The Hall–Kier alpha value is -2.42. The fraction of sp³-hybridized carbons (Fsp3) is 0.364. The highest BCUT2D eigenvalue weighted by Crippen LogP contribution is 2.27. The van der Waals surface area contributed by atoms with E-state index in [2.05, 4.69) is 10.6 Å². The van der Waals surface area contributed by atoms with Crippen molar-refractivity contribution >= 4 is 33.4 Å². The number of hydrogen-bond donors (Lipinski definition) is 2. The number of nitrogens with one attached hydrogen (secondary N) is 2. The Bertz CT molecular complexity index is 997. The number of sulfonamides is 1. The number of piperidine rings is 1. The van der Waals surface area contributed by atoms with Gasteiger partial charge in [0.2, 0.25) is 10.0 Å². The minimum Gasteiger partial charge on any atom is -0.348 e. The molecule has 1 atom stereocenters. The third-order valence-electron chi connectivity index (χ3n) is 5.26. The van der Waals surface area contributed by atoms with E-state index >= 15 is 0 Å². The second kappa shape index (κ2) is 10.7. The monoisotopic (exact) mass is 463 g/mol. The largest absolute Gasteiger partial charge is 0.348 e. The molecule has 3 rings (SSSR count). The van der Waals surface area contributed by atoms with Gasteiger partial charge in [-0.1, -0.05) is 48.4 Å². The van der Waals surface area contributed by atoms with Gasteiger partial charge in [-0.15, -0.1) is 0 Å². The van der Waals surface area contributed by atoms with Crippen molar-refractivity contribution < 1.29 is 18.0 Å². The third-order valence-corrected chi connectivity index (χ3v) is 7.48. The summed E-state index contributed by atoms with van der Waals surface area (Å²) in [6.45, 7) is 0.916. The van der Waals surface area contributed by atoms with E-state index in [0.717, 1.165) is 18.4 Å². The Labute approximate surface area is 187 Å². The first-order valence-corrected chi connectivity index (χ1v) is 12.1. The Balaban J connectivity index is 1.52. The fourth-order valence-electron chi connectivity index (χ4n) is 3.61. The molecule has 2 aromatic rings. The van der Waals surface area contributed by atoms with E-state index in [9.17, 15) is 18.0 Å². The zero-order chi connectivity index (χ0) is 22.3. The predicted octanol–water partition coefficient (Wildman–Crippen LogP) is 2.71. The Morgan fingerprint density at radius 2 is 1.65 bits per heavy atom. The van der Waals surface area contributed by atoms with Crippen molar-refractivity contribution in [1.29, 1.82) is 0 Å². The van der Waals surface area contributed by atoms with E-state index in [1.54, 1.807) is 12.1 Å². The molecule has 2 N–H and O–H groups in total. The van der Waals surface area contributed by atoms with Crippen LogP contribution in [0.1, 0.15) is 31.2 Å². The summed E-state index contributed by atoms with van der Waals surface area (Å²) in [6.07, 6.45) is 2.85. The first-order valence-electron chi connectivity index (χ1n) is 10.3. The van der Waals surface area contributed by atoms with E-state index in [-0.39, 0.29) is 24.0 Å². The van der Waals surface area contributed by atoms with Gasteiger partial charge >= 0.3 is 11.8 Å². The highest BCUT2D eigenvalue weighted by atomic mass is 35.5. The molecule has 0 aromatic heterocycles. The van der Waals surface area contributed by atoms with E-state index in [1.807, 2.05) is 30.3 Å². The van der Waals surface area contributed by atoms with Gasteiger partial charge < -0.3 is 10.6 Å². The van der Waals surface area contributed by atoms with Gasteiger partial charge in [-0.25, -0.2) is 8.42 Å². The molecule has 0 saturated carbocycles. The molecule has 1 aliphatic rings. The summed E-state index contributed by atoms with van der Waals surface area (Å²) < 4.78 is 27.6. The van der Waals surface area contributed by atoms with Crippen molar-refractivity contribution in [3.05, 3.63) is 65.2 Å². The number of nitrogens with zero attached hydrogens (tertiary/aromatic N) is 1. The number of amides is 2. The van der Waals surface area contributed by atoms with E-state index < -0.39 is 21.8 Å². The molecule has 1 aliphatic heterocycles. The average Bonchev–Trinajstić information content (AvgIpc) is 2.78. The third kappa shape index (κ3) is 6.29. The molecule has 166 valence electrons. The van der Waals surface area contributed by atoms with Crippen LogP contribution in [-0.2, 0) is 26.2 Å². The van der Waals surface area contributed by atoms with Crippen LogP contribution in [0.4, 0.5) is 0 Å². The van der Waals surface area contributed by atoms with Crippen molar-refractivity contribution in [2.45, 2.75) is 43.2 Å². The quantitative estimate of drug-likeness (QED) is 0.617. The maximum absolute atomic E-state index is 13.1. The molecule has 0 aliphatic carbocycles. The number of halogens is 1. The number of benzene rings is 2. The highest BCUT2D eigenvalue weighted by molar-refractivity contribution is 7.89. The molecule has 31 heavy (non-hydrogen) atoms. The highest BCUT2D eigenvalue weighted by Gasteiger charge is 2.33.